The molecule has 0 amide bonds. The number of hydrogen-bond donors (Lipinski definition) is 0. The Morgan fingerprint density at radius 2 is 1.82 bits per heavy atom. The first-order valence-electron chi connectivity index (χ1n) is 3.07. The molecule has 3 heteroatoms. The fourth-order valence-corrected chi connectivity index (χ4v) is 0.698. The van der Waals surface area contributed by atoms with Gasteiger partial charge in [0.05, 0.1) is 0 Å². The number of halogens is 2. The second kappa shape index (κ2) is 5.23. The minimum atomic E-state index is -1.11. The van der Waals surface area contributed by atoms with E-state index in [2.05, 4.69) is 6.58 Å². The maximum atomic E-state index is 12.7. The third-order valence-corrected chi connectivity index (χ3v) is 1.22. The van der Waals surface area contributed by atoms with Crippen LogP contribution >= 0.6 is 0 Å². The van der Waals surface area contributed by atoms with Gasteiger partial charge in [0.2, 0.25) is 0 Å². The Balaban J connectivity index is 0.000001000. The van der Waals surface area contributed by atoms with Gasteiger partial charge in [0.25, 0.3) is 0 Å². The summed E-state index contributed by atoms with van der Waals surface area (Å²) in [6, 6.07) is 5.39. The first kappa shape index (κ1) is 10.6. The van der Waals surface area contributed by atoms with Gasteiger partial charge in [0.1, 0.15) is 0 Å². The quantitative estimate of drug-likeness (QED) is 0.353. The number of rotatable bonds is 2. The Morgan fingerprint density at radius 1 is 1.27 bits per heavy atom. The number of nitrogens with zero attached hydrogens (tertiary/aromatic N) is 1. The lowest BCUT2D eigenvalue weighted by atomic mass is 10.4. The van der Waals surface area contributed by atoms with Crippen molar-refractivity contribution in [1.82, 2.24) is 0 Å². The van der Waals surface area contributed by atoms with E-state index >= 15 is 0 Å². The summed E-state index contributed by atoms with van der Waals surface area (Å²) < 4.78 is 14.1. The molecule has 0 bridgehead atoms. The molecule has 0 spiro atoms. The number of aromatic nitrogens is 1. The van der Waals surface area contributed by atoms with Gasteiger partial charge in [-0.15, -0.1) is 0 Å². The van der Waals surface area contributed by atoms with E-state index in [1.807, 2.05) is 6.07 Å². The lowest BCUT2D eigenvalue weighted by Gasteiger charge is -1.94. The van der Waals surface area contributed by atoms with E-state index in [1.54, 1.807) is 24.5 Å². The van der Waals surface area contributed by atoms with Crippen molar-refractivity contribution in [3.05, 3.63) is 43.2 Å². The molecule has 11 heavy (non-hydrogen) atoms. The SMILES string of the molecule is C=CC(F)[n+]1ccccc1.[I-]. The molecule has 0 aliphatic heterocycles. The van der Waals surface area contributed by atoms with Gasteiger partial charge < -0.3 is 24.0 Å². The number of pyridine rings is 1. The zero-order chi connectivity index (χ0) is 7.40. The van der Waals surface area contributed by atoms with E-state index in [4.69, 9.17) is 0 Å². The van der Waals surface area contributed by atoms with Gasteiger partial charge in [0, 0.05) is 18.2 Å². The van der Waals surface area contributed by atoms with E-state index in [-0.39, 0.29) is 24.0 Å². The molecule has 0 aliphatic rings. The predicted molar refractivity (Wildman–Crippen MR) is 37.0 cm³/mol. The summed E-state index contributed by atoms with van der Waals surface area (Å²) in [5.41, 5.74) is 0. The highest BCUT2D eigenvalue weighted by Crippen LogP contribution is 1.96. The Labute approximate surface area is 82.6 Å². The van der Waals surface area contributed by atoms with Gasteiger partial charge in [-0.25, -0.2) is 0 Å². The molecule has 1 aromatic heterocycles. The molecule has 0 fully saturated rings. The van der Waals surface area contributed by atoms with E-state index in [1.165, 1.54) is 10.6 Å². The minimum absolute atomic E-state index is 0. The van der Waals surface area contributed by atoms with Crippen molar-refractivity contribution >= 4 is 0 Å². The molecular formula is C8H9FIN. The second-order valence-corrected chi connectivity index (χ2v) is 1.93. The van der Waals surface area contributed by atoms with Gasteiger partial charge in [-0.3, -0.25) is 0 Å². The van der Waals surface area contributed by atoms with Crippen molar-refractivity contribution < 1.29 is 32.9 Å². The van der Waals surface area contributed by atoms with Crippen molar-refractivity contribution in [3.63, 3.8) is 0 Å². The van der Waals surface area contributed by atoms with Crippen LogP contribution in [0, 0.1) is 0 Å². The highest BCUT2D eigenvalue weighted by atomic mass is 127. The second-order valence-electron chi connectivity index (χ2n) is 1.93. The van der Waals surface area contributed by atoms with Crippen LogP contribution in [0.3, 0.4) is 0 Å². The molecule has 0 aromatic carbocycles. The zero-order valence-corrected chi connectivity index (χ0v) is 8.11. The molecule has 1 rings (SSSR count). The first-order chi connectivity index (χ1) is 4.84. The van der Waals surface area contributed by atoms with Crippen LogP contribution in [-0.2, 0) is 0 Å². The highest BCUT2D eigenvalue weighted by Gasteiger charge is 2.08. The van der Waals surface area contributed by atoms with Crippen LogP contribution < -0.4 is 28.5 Å². The van der Waals surface area contributed by atoms with Crippen molar-refractivity contribution in [1.29, 1.82) is 0 Å². The standard InChI is InChI=1S/C8H9FN.HI/c1-2-8(9)10-6-4-3-5-7-10;/h2-8H,1H2;1H/q+1;/p-1. The average molecular weight is 265 g/mol. The van der Waals surface area contributed by atoms with E-state index in [0.29, 0.717) is 0 Å². The molecule has 0 N–H and O–H groups in total. The van der Waals surface area contributed by atoms with Gasteiger partial charge in [-0.05, 0) is 0 Å². The predicted octanol–water partition coefficient (Wildman–Crippen LogP) is -1.37. The normalized spacial score (nSPS) is 11.4. The smallest absolute Gasteiger partial charge is 0.318 e. The van der Waals surface area contributed by atoms with Gasteiger partial charge >= 0.3 is 6.30 Å². The van der Waals surface area contributed by atoms with Crippen LogP contribution in [0.1, 0.15) is 6.30 Å². The zero-order valence-electron chi connectivity index (χ0n) is 5.95. The summed E-state index contributed by atoms with van der Waals surface area (Å²) in [6.45, 7) is 3.34. The summed E-state index contributed by atoms with van der Waals surface area (Å²) in [5, 5.41) is 0. The average Bonchev–Trinajstić information content (AvgIpc) is 2.05. The van der Waals surface area contributed by atoms with Crippen LogP contribution in [0.2, 0.25) is 0 Å². The molecule has 1 unspecified atom stereocenters. The van der Waals surface area contributed by atoms with E-state index < -0.39 is 6.30 Å². The molecule has 0 aliphatic carbocycles. The summed E-state index contributed by atoms with van der Waals surface area (Å²) in [4.78, 5) is 0. The summed E-state index contributed by atoms with van der Waals surface area (Å²) in [7, 11) is 0. The highest BCUT2D eigenvalue weighted by molar-refractivity contribution is 4.84. The molecule has 0 saturated carbocycles. The van der Waals surface area contributed by atoms with Crippen molar-refractivity contribution in [2.75, 3.05) is 0 Å². The molecule has 1 aromatic rings. The summed E-state index contributed by atoms with van der Waals surface area (Å²) >= 11 is 0. The molecule has 1 atom stereocenters. The largest absolute Gasteiger partial charge is 1.00 e. The van der Waals surface area contributed by atoms with Crippen LogP contribution in [0.25, 0.3) is 0 Å². The van der Waals surface area contributed by atoms with Gasteiger partial charge in [-0.1, -0.05) is 12.6 Å². The van der Waals surface area contributed by atoms with Crippen molar-refractivity contribution in [3.8, 4) is 0 Å². The topological polar surface area (TPSA) is 3.88 Å². The minimum Gasteiger partial charge on any atom is -1.00 e. The maximum Gasteiger partial charge on any atom is 0.318 e. The van der Waals surface area contributed by atoms with Crippen LogP contribution in [0.4, 0.5) is 4.39 Å². The van der Waals surface area contributed by atoms with E-state index in [0.717, 1.165) is 0 Å². The number of alkyl halides is 1. The van der Waals surface area contributed by atoms with E-state index in [9.17, 15) is 4.39 Å². The third kappa shape index (κ3) is 2.96. The van der Waals surface area contributed by atoms with Crippen LogP contribution in [0.5, 0.6) is 0 Å². The van der Waals surface area contributed by atoms with Crippen molar-refractivity contribution in [2.24, 2.45) is 0 Å². The van der Waals surface area contributed by atoms with Crippen LogP contribution in [0.15, 0.2) is 43.2 Å². The lowest BCUT2D eigenvalue weighted by molar-refractivity contribution is -0.735. The number of allylic oxidation sites excluding steroid dienone is 1. The molecule has 0 saturated heterocycles. The molecule has 0 radical (unpaired) electrons. The Kier molecular flexibility index (Phi) is 5.02. The Hall–Kier alpha value is -0.450. The monoisotopic (exact) mass is 265 g/mol. The fraction of sp³-hybridized carbons (Fsp3) is 0.125. The van der Waals surface area contributed by atoms with Crippen LogP contribution in [-0.4, -0.2) is 0 Å². The third-order valence-electron chi connectivity index (χ3n) is 1.22. The van der Waals surface area contributed by atoms with Gasteiger partial charge in [0.15, 0.2) is 12.4 Å². The fourth-order valence-electron chi connectivity index (χ4n) is 0.698. The molecule has 60 valence electrons. The molecule has 1 nitrogen and oxygen atoms in total. The molecular weight excluding hydrogens is 256 g/mol. The Bertz CT molecular complexity index is 213. The maximum absolute atomic E-state index is 12.7. The molecule has 1 heterocycles. The summed E-state index contributed by atoms with van der Waals surface area (Å²) in [5.74, 6) is 0. The van der Waals surface area contributed by atoms with Gasteiger partial charge in [-0.2, -0.15) is 8.96 Å². The van der Waals surface area contributed by atoms with Crippen molar-refractivity contribution in [2.45, 2.75) is 6.30 Å². The lowest BCUT2D eigenvalue weighted by Crippen LogP contribution is -3.00. The number of hydrogen-bond acceptors (Lipinski definition) is 0. The summed E-state index contributed by atoms with van der Waals surface area (Å²) in [6.07, 6.45) is 3.46. The first-order valence-corrected chi connectivity index (χ1v) is 3.07. The Morgan fingerprint density at radius 3 is 2.27 bits per heavy atom.